The highest BCUT2D eigenvalue weighted by Gasteiger charge is 2.20. The van der Waals surface area contributed by atoms with Crippen molar-refractivity contribution in [2.45, 2.75) is 27.2 Å². The number of hydrogen-bond donors (Lipinski definition) is 1. The molecular weight excluding hydrogens is 454 g/mol. The van der Waals surface area contributed by atoms with Crippen molar-refractivity contribution in [3.05, 3.63) is 65.9 Å². The number of rotatable bonds is 9. The molecule has 36 heavy (non-hydrogen) atoms. The molecule has 8 nitrogen and oxygen atoms in total. The molecular formula is C28H35N5O3. The number of carbonyl (C=O) groups excluding carboxylic acids is 2. The van der Waals surface area contributed by atoms with E-state index in [4.69, 9.17) is 9.72 Å². The van der Waals surface area contributed by atoms with Gasteiger partial charge in [0.2, 0.25) is 17.8 Å². The van der Waals surface area contributed by atoms with Crippen LogP contribution < -0.4 is 5.32 Å². The monoisotopic (exact) mass is 489 g/mol. The molecule has 2 heterocycles. The van der Waals surface area contributed by atoms with Gasteiger partial charge < -0.3 is 9.64 Å². The Kier molecular flexibility index (Phi) is 8.51. The molecule has 3 aromatic rings. The van der Waals surface area contributed by atoms with Crippen molar-refractivity contribution in [3.8, 4) is 16.9 Å². The Morgan fingerprint density at radius 2 is 1.81 bits per heavy atom. The number of ether oxygens (including phenoxy) is 1. The molecule has 4 rings (SSSR count). The molecule has 0 saturated carbocycles. The largest absolute Gasteiger partial charge is 0.379 e. The maximum Gasteiger partial charge on any atom is 0.246 e. The third kappa shape index (κ3) is 6.38. The lowest BCUT2D eigenvalue weighted by molar-refractivity contribution is -0.134. The van der Waals surface area contributed by atoms with Gasteiger partial charge in [-0.05, 0) is 37.1 Å². The van der Waals surface area contributed by atoms with Crippen LogP contribution in [0.15, 0.2) is 54.7 Å². The van der Waals surface area contributed by atoms with Crippen LogP contribution in [0.2, 0.25) is 0 Å². The molecule has 0 unspecified atom stereocenters. The zero-order valence-corrected chi connectivity index (χ0v) is 21.4. The van der Waals surface area contributed by atoms with Gasteiger partial charge in [-0.3, -0.25) is 24.4 Å². The summed E-state index contributed by atoms with van der Waals surface area (Å²) in [6.45, 7) is 10.2. The Balaban J connectivity index is 1.54. The second-order valence-corrected chi connectivity index (χ2v) is 9.13. The van der Waals surface area contributed by atoms with Gasteiger partial charge in [-0.2, -0.15) is 0 Å². The Labute approximate surface area is 212 Å². The van der Waals surface area contributed by atoms with Crippen molar-refractivity contribution in [2.24, 2.45) is 0 Å². The molecule has 1 fully saturated rings. The summed E-state index contributed by atoms with van der Waals surface area (Å²) in [5, 5.41) is 2.97. The first-order valence-corrected chi connectivity index (χ1v) is 12.5. The van der Waals surface area contributed by atoms with Crippen LogP contribution in [0.4, 0.5) is 5.95 Å². The molecule has 1 aliphatic heterocycles. The summed E-state index contributed by atoms with van der Waals surface area (Å²) >= 11 is 0. The van der Waals surface area contributed by atoms with Crippen LogP contribution in [0.25, 0.3) is 16.9 Å². The smallest absolute Gasteiger partial charge is 0.246 e. The molecule has 2 aromatic carbocycles. The molecule has 0 atom stereocenters. The molecule has 2 amide bonds. The maximum atomic E-state index is 13.2. The minimum absolute atomic E-state index is 0.0164. The number of hydrogen-bond acceptors (Lipinski definition) is 5. The average molecular weight is 490 g/mol. The quantitative estimate of drug-likeness (QED) is 0.496. The van der Waals surface area contributed by atoms with E-state index in [2.05, 4.69) is 36.2 Å². The lowest BCUT2D eigenvalue weighted by Gasteiger charge is -2.29. The molecule has 190 valence electrons. The Morgan fingerprint density at radius 3 is 2.50 bits per heavy atom. The van der Waals surface area contributed by atoms with Crippen LogP contribution in [-0.2, 0) is 14.3 Å². The number of benzene rings is 2. The van der Waals surface area contributed by atoms with E-state index >= 15 is 0 Å². The topological polar surface area (TPSA) is 79.7 Å². The summed E-state index contributed by atoms with van der Waals surface area (Å²) in [5.74, 6) is 0.120. The molecule has 0 aliphatic carbocycles. The number of anilines is 1. The number of morpholine rings is 1. The van der Waals surface area contributed by atoms with Gasteiger partial charge in [-0.1, -0.05) is 43.3 Å². The molecule has 0 radical (unpaired) electrons. The van der Waals surface area contributed by atoms with Crippen molar-refractivity contribution >= 4 is 17.8 Å². The Bertz CT molecular complexity index is 1190. The van der Waals surface area contributed by atoms with Gasteiger partial charge in [-0.15, -0.1) is 0 Å². The van der Waals surface area contributed by atoms with E-state index in [0.717, 1.165) is 42.1 Å². The van der Waals surface area contributed by atoms with Crippen LogP contribution >= 0.6 is 0 Å². The van der Waals surface area contributed by atoms with Crippen LogP contribution in [0.1, 0.15) is 24.5 Å². The maximum absolute atomic E-state index is 13.2. The highest BCUT2D eigenvalue weighted by Crippen LogP contribution is 2.25. The van der Waals surface area contributed by atoms with Crippen molar-refractivity contribution in [3.63, 3.8) is 0 Å². The van der Waals surface area contributed by atoms with E-state index in [9.17, 15) is 9.59 Å². The summed E-state index contributed by atoms with van der Waals surface area (Å²) in [6.07, 6.45) is 2.29. The number of carbonyl (C=O) groups is 2. The predicted molar refractivity (Wildman–Crippen MR) is 141 cm³/mol. The van der Waals surface area contributed by atoms with E-state index in [1.165, 1.54) is 5.56 Å². The van der Waals surface area contributed by atoms with Gasteiger partial charge >= 0.3 is 0 Å². The standard InChI is InChI=1S/C28H35N5O3/c1-4-27(35)32(13-12-31-14-16-36-17-15-31)20-26(34)30-28-29-25(23-8-6-5-7-9-23)19-33(28)24-11-10-21(2)22(3)18-24/h5-11,18-19H,4,12-17,20H2,1-3H3,(H,29,30,34). The van der Waals surface area contributed by atoms with E-state index < -0.39 is 0 Å². The summed E-state index contributed by atoms with van der Waals surface area (Å²) in [7, 11) is 0. The Hall–Kier alpha value is -3.49. The Morgan fingerprint density at radius 1 is 1.06 bits per heavy atom. The van der Waals surface area contributed by atoms with Crippen LogP contribution in [0.3, 0.4) is 0 Å². The number of nitrogens with zero attached hydrogens (tertiary/aromatic N) is 4. The van der Waals surface area contributed by atoms with Gasteiger partial charge in [0.05, 0.1) is 25.5 Å². The zero-order chi connectivity index (χ0) is 25.5. The van der Waals surface area contributed by atoms with E-state index in [-0.39, 0.29) is 18.4 Å². The molecule has 1 N–H and O–H groups in total. The first-order chi connectivity index (χ1) is 17.4. The third-order valence-corrected chi connectivity index (χ3v) is 6.57. The number of imidazole rings is 1. The highest BCUT2D eigenvalue weighted by atomic mass is 16.5. The van der Waals surface area contributed by atoms with Gasteiger partial charge in [0.25, 0.3) is 0 Å². The zero-order valence-electron chi connectivity index (χ0n) is 21.4. The number of aryl methyl sites for hydroxylation is 2. The minimum atomic E-state index is -0.269. The lowest BCUT2D eigenvalue weighted by atomic mass is 10.1. The predicted octanol–water partition coefficient (Wildman–Crippen LogP) is 3.67. The highest BCUT2D eigenvalue weighted by molar-refractivity contribution is 5.93. The first-order valence-electron chi connectivity index (χ1n) is 12.5. The SMILES string of the molecule is CCC(=O)N(CCN1CCOCC1)CC(=O)Nc1nc(-c2ccccc2)cn1-c1ccc(C)c(C)c1. The van der Waals surface area contributed by atoms with Crippen molar-refractivity contribution in [2.75, 3.05) is 51.3 Å². The molecule has 1 aromatic heterocycles. The normalized spacial score (nSPS) is 14.0. The summed E-state index contributed by atoms with van der Waals surface area (Å²) in [5.41, 5.74) is 4.99. The van der Waals surface area contributed by atoms with Crippen LogP contribution in [0.5, 0.6) is 0 Å². The summed E-state index contributed by atoms with van der Waals surface area (Å²) in [4.78, 5) is 34.4. The van der Waals surface area contributed by atoms with E-state index in [1.807, 2.05) is 54.1 Å². The first kappa shape index (κ1) is 25.6. The molecule has 0 bridgehead atoms. The fraction of sp³-hybridized carbons (Fsp3) is 0.393. The lowest BCUT2D eigenvalue weighted by Crippen LogP contribution is -2.45. The number of nitrogens with one attached hydrogen (secondary N) is 1. The fourth-order valence-electron chi connectivity index (χ4n) is 4.23. The molecule has 8 heteroatoms. The number of amides is 2. The third-order valence-electron chi connectivity index (χ3n) is 6.57. The van der Waals surface area contributed by atoms with Crippen molar-refractivity contribution in [1.82, 2.24) is 19.4 Å². The van der Waals surface area contributed by atoms with E-state index in [1.54, 1.807) is 4.90 Å². The van der Waals surface area contributed by atoms with Gasteiger partial charge in [0.15, 0.2) is 0 Å². The molecule has 1 aliphatic rings. The van der Waals surface area contributed by atoms with Crippen LogP contribution in [-0.4, -0.2) is 77.1 Å². The van der Waals surface area contributed by atoms with Gasteiger partial charge in [0.1, 0.15) is 0 Å². The second-order valence-electron chi connectivity index (χ2n) is 9.13. The molecule has 0 spiro atoms. The molecule has 1 saturated heterocycles. The number of aromatic nitrogens is 2. The van der Waals surface area contributed by atoms with Gasteiger partial charge in [-0.25, -0.2) is 4.98 Å². The summed E-state index contributed by atoms with van der Waals surface area (Å²) < 4.78 is 7.30. The van der Waals surface area contributed by atoms with Crippen molar-refractivity contribution < 1.29 is 14.3 Å². The van der Waals surface area contributed by atoms with Crippen LogP contribution in [0, 0.1) is 13.8 Å². The van der Waals surface area contributed by atoms with Gasteiger partial charge in [0, 0.05) is 50.0 Å². The second kappa shape index (κ2) is 12.0. The fourth-order valence-corrected chi connectivity index (χ4v) is 4.23. The average Bonchev–Trinajstić information content (AvgIpc) is 3.32. The van der Waals surface area contributed by atoms with Crippen molar-refractivity contribution in [1.29, 1.82) is 0 Å². The summed E-state index contributed by atoms with van der Waals surface area (Å²) in [6, 6.07) is 16.0. The van der Waals surface area contributed by atoms with E-state index in [0.29, 0.717) is 32.1 Å². The minimum Gasteiger partial charge on any atom is -0.379 e.